The van der Waals surface area contributed by atoms with Crippen molar-refractivity contribution < 1.29 is 14.3 Å². The Hall–Kier alpha value is -2.55. The summed E-state index contributed by atoms with van der Waals surface area (Å²) in [5.74, 6) is 1.31. The first kappa shape index (κ1) is 14.4. The zero-order valence-electron chi connectivity index (χ0n) is 13.0. The summed E-state index contributed by atoms with van der Waals surface area (Å²) in [6, 6.07) is 11.8. The number of rotatable bonds is 3. The highest BCUT2D eigenvalue weighted by Gasteiger charge is 2.27. The van der Waals surface area contributed by atoms with Crippen molar-refractivity contribution in [3.63, 3.8) is 0 Å². The fourth-order valence-corrected chi connectivity index (χ4v) is 2.72. The fourth-order valence-electron chi connectivity index (χ4n) is 2.72. The van der Waals surface area contributed by atoms with Crippen LogP contribution < -0.4 is 9.47 Å². The number of Topliss-reactive ketones (excluding diaryl/α,β-unsaturated/α-hetero) is 1. The molecule has 0 aromatic heterocycles. The molecule has 0 heterocycles. The Morgan fingerprint density at radius 1 is 1.00 bits per heavy atom. The zero-order valence-corrected chi connectivity index (χ0v) is 13.0. The molecule has 1 aliphatic rings. The van der Waals surface area contributed by atoms with Crippen molar-refractivity contribution in [2.45, 2.75) is 13.3 Å². The molecule has 3 nitrogen and oxygen atoms in total. The third-order valence-electron chi connectivity index (χ3n) is 3.94. The van der Waals surface area contributed by atoms with Crippen LogP contribution in [0.2, 0.25) is 0 Å². The number of hydrogen-bond acceptors (Lipinski definition) is 3. The molecular weight excluding hydrogens is 276 g/mol. The van der Waals surface area contributed by atoms with Crippen LogP contribution in [-0.4, -0.2) is 20.0 Å². The maximum absolute atomic E-state index is 12.6. The van der Waals surface area contributed by atoms with E-state index in [1.54, 1.807) is 20.3 Å². The van der Waals surface area contributed by atoms with Crippen LogP contribution in [0.4, 0.5) is 0 Å². The average Bonchev–Trinajstić information content (AvgIpc) is 2.83. The molecule has 0 unspecified atom stereocenters. The summed E-state index contributed by atoms with van der Waals surface area (Å²) in [4.78, 5) is 12.6. The predicted octanol–water partition coefficient (Wildman–Crippen LogP) is 3.83. The van der Waals surface area contributed by atoms with Gasteiger partial charge in [0, 0.05) is 17.6 Å². The molecule has 0 atom stereocenters. The van der Waals surface area contributed by atoms with E-state index in [0.717, 1.165) is 16.7 Å². The first-order valence-electron chi connectivity index (χ1n) is 7.19. The third kappa shape index (κ3) is 2.50. The van der Waals surface area contributed by atoms with E-state index in [-0.39, 0.29) is 5.78 Å². The molecule has 3 rings (SSSR count). The molecule has 0 aliphatic heterocycles. The van der Waals surface area contributed by atoms with Crippen molar-refractivity contribution in [2.75, 3.05) is 14.2 Å². The summed E-state index contributed by atoms with van der Waals surface area (Å²) < 4.78 is 10.6. The first-order valence-corrected chi connectivity index (χ1v) is 7.19. The summed E-state index contributed by atoms with van der Waals surface area (Å²) in [6.45, 7) is 2.05. The van der Waals surface area contributed by atoms with Gasteiger partial charge in [-0.05, 0) is 36.3 Å². The minimum Gasteiger partial charge on any atom is -0.493 e. The fraction of sp³-hybridized carbons (Fsp3) is 0.211. The van der Waals surface area contributed by atoms with Crippen LogP contribution >= 0.6 is 0 Å². The topological polar surface area (TPSA) is 35.5 Å². The van der Waals surface area contributed by atoms with Crippen molar-refractivity contribution in [3.8, 4) is 11.5 Å². The van der Waals surface area contributed by atoms with E-state index in [9.17, 15) is 4.79 Å². The van der Waals surface area contributed by atoms with E-state index in [1.165, 1.54) is 5.56 Å². The van der Waals surface area contributed by atoms with Crippen molar-refractivity contribution >= 4 is 11.9 Å². The monoisotopic (exact) mass is 294 g/mol. The number of benzene rings is 2. The largest absolute Gasteiger partial charge is 0.493 e. The van der Waals surface area contributed by atoms with Crippen molar-refractivity contribution in [1.29, 1.82) is 0 Å². The number of allylic oxidation sites excluding steroid dienone is 1. The van der Waals surface area contributed by atoms with E-state index in [0.29, 0.717) is 23.5 Å². The highest BCUT2D eigenvalue weighted by Crippen LogP contribution is 2.36. The summed E-state index contributed by atoms with van der Waals surface area (Å²) in [5, 5.41) is 0. The Bertz CT molecular complexity index is 755. The van der Waals surface area contributed by atoms with Crippen LogP contribution in [0.5, 0.6) is 11.5 Å². The van der Waals surface area contributed by atoms with E-state index >= 15 is 0 Å². The smallest absolute Gasteiger partial charge is 0.189 e. The molecule has 1 aliphatic carbocycles. The maximum atomic E-state index is 12.6. The minimum atomic E-state index is 0.0662. The lowest BCUT2D eigenvalue weighted by Crippen LogP contribution is -1.97. The van der Waals surface area contributed by atoms with Gasteiger partial charge in [0.15, 0.2) is 17.3 Å². The van der Waals surface area contributed by atoms with Gasteiger partial charge in [0.05, 0.1) is 14.2 Å². The van der Waals surface area contributed by atoms with Crippen LogP contribution in [0.15, 0.2) is 42.0 Å². The Balaban J connectivity index is 1.98. The molecule has 3 heteroatoms. The number of hydrogen-bond donors (Lipinski definition) is 0. The summed E-state index contributed by atoms with van der Waals surface area (Å²) in [6.07, 6.45) is 2.59. The van der Waals surface area contributed by atoms with Crippen molar-refractivity contribution in [1.82, 2.24) is 0 Å². The van der Waals surface area contributed by atoms with Crippen LogP contribution in [0.3, 0.4) is 0 Å². The van der Waals surface area contributed by atoms with E-state index in [1.807, 2.05) is 43.3 Å². The quantitative estimate of drug-likeness (QED) is 0.807. The number of ketones is 1. The predicted molar refractivity (Wildman–Crippen MR) is 86.7 cm³/mol. The second-order valence-corrected chi connectivity index (χ2v) is 5.45. The number of methoxy groups -OCH3 is 2. The van der Waals surface area contributed by atoms with Gasteiger partial charge in [-0.2, -0.15) is 0 Å². The van der Waals surface area contributed by atoms with Crippen molar-refractivity contribution in [2.24, 2.45) is 0 Å². The van der Waals surface area contributed by atoms with Gasteiger partial charge >= 0.3 is 0 Å². The van der Waals surface area contributed by atoms with E-state index in [4.69, 9.17) is 9.47 Å². The van der Waals surface area contributed by atoms with Crippen LogP contribution in [0, 0.1) is 6.92 Å². The summed E-state index contributed by atoms with van der Waals surface area (Å²) in [7, 11) is 3.18. The second-order valence-electron chi connectivity index (χ2n) is 5.45. The second kappa shape index (κ2) is 5.68. The molecule has 0 saturated heterocycles. The van der Waals surface area contributed by atoms with Crippen LogP contribution in [0.1, 0.15) is 27.0 Å². The van der Waals surface area contributed by atoms with Gasteiger partial charge in [0.25, 0.3) is 0 Å². The van der Waals surface area contributed by atoms with E-state index in [2.05, 4.69) is 0 Å². The summed E-state index contributed by atoms with van der Waals surface area (Å²) >= 11 is 0. The summed E-state index contributed by atoms with van der Waals surface area (Å²) in [5.41, 5.74) is 4.74. The Kier molecular flexibility index (Phi) is 3.72. The normalized spacial score (nSPS) is 15.0. The van der Waals surface area contributed by atoms with Crippen molar-refractivity contribution in [3.05, 3.63) is 64.2 Å². The van der Waals surface area contributed by atoms with Gasteiger partial charge in [0.1, 0.15) is 0 Å². The lowest BCUT2D eigenvalue weighted by atomic mass is 10.1. The third-order valence-corrected chi connectivity index (χ3v) is 3.94. The zero-order chi connectivity index (χ0) is 15.7. The molecule has 0 saturated carbocycles. The number of carbonyl (C=O) groups excluding carboxylic acids is 1. The Morgan fingerprint density at radius 3 is 2.27 bits per heavy atom. The molecule has 0 fully saturated rings. The number of ether oxygens (including phenoxy) is 2. The molecule has 0 bridgehead atoms. The van der Waals surface area contributed by atoms with Gasteiger partial charge in [-0.3, -0.25) is 4.79 Å². The van der Waals surface area contributed by atoms with Gasteiger partial charge in [-0.1, -0.05) is 29.8 Å². The average molecular weight is 294 g/mol. The van der Waals surface area contributed by atoms with Gasteiger partial charge in [-0.15, -0.1) is 0 Å². The standard InChI is InChI=1S/C19H18O3/c1-12-4-6-13(7-5-12)8-15-9-14-10-17(21-2)18(22-3)11-16(14)19(15)20/h4-8,10-11H,9H2,1-3H3/b15-8-. The highest BCUT2D eigenvalue weighted by molar-refractivity contribution is 6.15. The van der Waals surface area contributed by atoms with Gasteiger partial charge in [0.2, 0.25) is 0 Å². The molecule has 0 spiro atoms. The Morgan fingerprint density at radius 2 is 1.64 bits per heavy atom. The molecule has 0 amide bonds. The SMILES string of the molecule is COc1cc2c(cc1OC)C(=O)/C(=C\c1ccc(C)cc1)C2. The molecular formula is C19H18O3. The maximum Gasteiger partial charge on any atom is 0.189 e. The van der Waals surface area contributed by atoms with Gasteiger partial charge < -0.3 is 9.47 Å². The minimum absolute atomic E-state index is 0.0662. The highest BCUT2D eigenvalue weighted by atomic mass is 16.5. The molecule has 0 N–H and O–H groups in total. The Labute approximate surface area is 130 Å². The van der Waals surface area contributed by atoms with Gasteiger partial charge in [-0.25, -0.2) is 0 Å². The molecule has 22 heavy (non-hydrogen) atoms. The number of carbonyl (C=O) groups is 1. The molecule has 0 radical (unpaired) electrons. The first-order chi connectivity index (χ1) is 10.6. The lowest BCUT2D eigenvalue weighted by molar-refractivity contribution is 0.104. The molecule has 112 valence electrons. The van der Waals surface area contributed by atoms with Crippen LogP contribution in [-0.2, 0) is 6.42 Å². The number of aryl methyl sites for hydroxylation is 1. The van der Waals surface area contributed by atoms with E-state index < -0.39 is 0 Å². The number of fused-ring (bicyclic) bond motifs is 1. The van der Waals surface area contributed by atoms with Crippen LogP contribution in [0.25, 0.3) is 6.08 Å². The molecule has 2 aromatic carbocycles. The molecule has 2 aromatic rings. The lowest BCUT2D eigenvalue weighted by Gasteiger charge is -2.08.